The molecule has 4 aliphatic carbocycles. The first kappa shape index (κ1) is 57.1. The molecular formula is C62H74BrN3O7Si2. The van der Waals surface area contributed by atoms with Gasteiger partial charge in [-0.3, -0.25) is 4.79 Å². The average molecular weight is 1110 g/mol. The van der Waals surface area contributed by atoms with Crippen LogP contribution < -0.4 is 9.47 Å². The first-order valence-corrected chi connectivity index (χ1v) is 33.0. The highest BCUT2D eigenvalue weighted by molar-refractivity contribution is 9.10. The van der Waals surface area contributed by atoms with Crippen molar-refractivity contribution < 1.29 is 33.0 Å². The van der Waals surface area contributed by atoms with Crippen molar-refractivity contribution in [2.45, 2.75) is 166 Å². The zero-order valence-electron chi connectivity index (χ0n) is 45.7. The van der Waals surface area contributed by atoms with Crippen LogP contribution in [0.4, 0.5) is 0 Å². The third-order valence-electron chi connectivity index (χ3n) is 16.5. The van der Waals surface area contributed by atoms with Crippen LogP contribution in [0.1, 0.15) is 171 Å². The summed E-state index contributed by atoms with van der Waals surface area (Å²) in [7, 11) is -2.02. The normalized spacial score (nSPS) is 19.7. The van der Waals surface area contributed by atoms with E-state index in [1.54, 1.807) is 6.07 Å². The molecule has 75 heavy (non-hydrogen) atoms. The van der Waals surface area contributed by atoms with Gasteiger partial charge < -0.3 is 28.2 Å². The zero-order chi connectivity index (χ0) is 54.5. The number of halogens is 1. The first-order chi connectivity index (χ1) is 35.5. The molecule has 10 nitrogen and oxygen atoms in total. The number of methoxy groups -OCH3 is 1. The maximum Gasteiger partial charge on any atom is 0.306 e. The molecule has 394 valence electrons. The summed E-state index contributed by atoms with van der Waals surface area (Å²) in [6.07, 6.45) is 7.95. The van der Waals surface area contributed by atoms with E-state index in [9.17, 15) is 15.2 Å². The Morgan fingerprint density at radius 2 is 1.07 bits per heavy atom. The molecule has 0 amide bonds. The van der Waals surface area contributed by atoms with Gasteiger partial charge in [-0.2, -0.15) is 15.8 Å². The summed E-state index contributed by atoms with van der Waals surface area (Å²) in [4.78, 5) is 11.5. The van der Waals surface area contributed by atoms with Gasteiger partial charge in [0.2, 0.25) is 0 Å². The number of benzene rings is 5. The van der Waals surface area contributed by atoms with Gasteiger partial charge in [0, 0.05) is 22.0 Å². The van der Waals surface area contributed by atoms with Crippen molar-refractivity contribution in [2.24, 2.45) is 0 Å². The fourth-order valence-corrected chi connectivity index (χ4v) is 13.3. The predicted octanol–water partition coefficient (Wildman–Crippen LogP) is 15.2. The molecule has 5 atom stereocenters. The van der Waals surface area contributed by atoms with Gasteiger partial charge in [-0.25, -0.2) is 0 Å². The first-order valence-electron chi connectivity index (χ1n) is 26.4. The number of nitriles is 3. The number of ether oxygens (including phenoxy) is 3. The number of hydrogen-bond donors (Lipinski definition) is 1. The van der Waals surface area contributed by atoms with Crippen LogP contribution in [0.3, 0.4) is 0 Å². The largest absolute Gasteiger partial charge is 0.492 e. The van der Waals surface area contributed by atoms with Crippen molar-refractivity contribution in [3.05, 3.63) is 162 Å². The van der Waals surface area contributed by atoms with Gasteiger partial charge >= 0.3 is 5.97 Å². The lowest BCUT2D eigenvalue weighted by Crippen LogP contribution is -2.41. The van der Waals surface area contributed by atoms with E-state index in [0.29, 0.717) is 24.7 Å². The maximum absolute atomic E-state index is 11.5. The molecule has 1 N–H and O–H groups in total. The van der Waals surface area contributed by atoms with E-state index >= 15 is 0 Å². The van der Waals surface area contributed by atoms with E-state index < -0.39 is 16.6 Å². The SMILES string of the molecule is CC(C)(C)[Si](C)(C)O[C@H]1CCc2c(Br)cccc21.CC(C)(C)[Si](C)(C)O[C@H]1CCc2c(C#N)cccc21.COC(=O)C[C@@H]1COc2cc(O[C@@H]3CCc4c(C#N)cccc43)ccc21.N#Cc1cccc2c1CC[C@@H]2O. The van der Waals surface area contributed by atoms with Crippen LogP contribution >= 0.6 is 15.9 Å². The second-order valence-electron chi connectivity index (χ2n) is 23.3. The summed E-state index contributed by atoms with van der Waals surface area (Å²) in [6.45, 7) is 23.4. The summed E-state index contributed by atoms with van der Waals surface area (Å²) in [5.74, 6) is 1.29. The fraction of sp³-hybridized carbons (Fsp3) is 0.452. The Bertz CT molecular complexity index is 3010. The Labute approximate surface area is 456 Å². The summed E-state index contributed by atoms with van der Waals surface area (Å²) in [6, 6.07) is 36.3. The average Bonchev–Trinajstić information content (AvgIpc) is 4.23. The van der Waals surface area contributed by atoms with Crippen molar-refractivity contribution in [3.8, 4) is 29.7 Å². The van der Waals surface area contributed by atoms with Crippen LogP contribution in [-0.2, 0) is 44.1 Å². The van der Waals surface area contributed by atoms with Crippen molar-refractivity contribution in [2.75, 3.05) is 13.7 Å². The van der Waals surface area contributed by atoms with Crippen molar-refractivity contribution in [1.82, 2.24) is 0 Å². The number of carbonyl (C=O) groups excluding carboxylic acids is 1. The predicted molar refractivity (Wildman–Crippen MR) is 303 cm³/mol. The molecule has 1 aliphatic heterocycles. The molecule has 0 saturated heterocycles. The molecule has 0 fully saturated rings. The molecule has 5 aromatic rings. The van der Waals surface area contributed by atoms with Crippen LogP contribution in [0.25, 0.3) is 0 Å². The Balaban J connectivity index is 0.000000151. The van der Waals surface area contributed by atoms with E-state index in [4.69, 9.17) is 33.6 Å². The number of nitrogens with zero attached hydrogens (tertiary/aromatic N) is 3. The van der Waals surface area contributed by atoms with E-state index in [1.807, 2.05) is 60.7 Å². The standard InChI is InChI=1S/C21H19NO4.C16H23NOSi.C15H23BrOSi.C10H9NO/c1-24-21(23)9-14-12-25-20-10-15(5-6-17(14)20)26-19-8-7-16-13(11-22)3-2-4-18(16)19;1-16(2,3)19(4,5)18-15-10-9-13-12(11-17)7-6-8-14(13)15;1-15(2,3)18(4,5)17-14-10-9-11-12(14)7-6-8-13(11)16;11-6-7-2-1-3-9-8(7)4-5-10(9)12/h2-6,10,14,19H,7-9,12H2,1H3;6-8,15H,9-10H2,1-5H3;6-8,14H,9-10H2,1-5H3;1-3,10,12H,4-5H2/t14-,19-;15-;14-;10-/m1000/s1. The van der Waals surface area contributed by atoms with Crippen LogP contribution in [0.2, 0.25) is 36.3 Å². The summed E-state index contributed by atoms with van der Waals surface area (Å²) >= 11 is 3.65. The van der Waals surface area contributed by atoms with Gasteiger partial charge in [-0.05, 0) is 162 Å². The third-order valence-corrected chi connectivity index (χ3v) is 26.2. The van der Waals surface area contributed by atoms with Crippen molar-refractivity contribution >= 4 is 38.5 Å². The van der Waals surface area contributed by atoms with Crippen LogP contribution in [0.5, 0.6) is 11.5 Å². The molecule has 13 heteroatoms. The Hall–Kier alpha value is -5.57. The number of esters is 1. The van der Waals surface area contributed by atoms with Crippen molar-refractivity contribution in [3.63, 3.8) is 0 Å². The topological polar surface area (TPSA) is 155 Å². The number of carbonyl (C=O) groups is 1. The van der Waals surface area contributed by atoms with Gasteiger partial charge in [-0.15, -0.1) is 0 Å². The van der Waals surface area contributed by atoms with Crippen LogP contribution in [-0.4, -0.2) is 41.4 Å². The number of rotatable bonds is 8. The molecule has 0 bridgehead atoms. The minimum atomic E-state index is -1.75. The highest BCUT2D eigenvalue weighted by Crippen LogP contribution is 2.47. The fourth-order valence-electron chi connectivity index (χ4n) is 10.1. The monoisotopic (exact) mass is 1110 g/mol. The van der Waals surface area contributed by atoms with Gasteiger partial charge in [0.1, 0.15) is 17.6 Å². The number of aliphatic hydroxyl groups excluding tert-OH is 1. The highest BCUT2D eigenvalue weighted by atomic mass is 79.9. The molecule has 5 aromatic carbocycles. The molecule has 0 unspecified atom stereocenters. The van der Waals surface area contributed by atoms with E-state index in [0.717, 1.165) is 102 Å². The lowest BCUT2D eigenvalue weighted by Gasteiger charge is -2.38. The highest BCUT2D eigenvalue weighted by Gasteiger charge is 2.42. The number of fused-ring (bicyclic) bond motifs is 5. The third kappa shape index (κ3) is 13.0. The lowest BCUT2D eigenvalue weighted by molar-refractivity contribution is -0.141. The Morgan fingerprint density at radius 3 is 1.57 bits per heavy atom. The molecule has 0 saturated carbocycles. The van der Waals surface area contributed by atoms with Gasteiger partial charge in [0.25, 0.3) is 0 Å². The van der Waals surface area contributed by atoms with E-state index in [1.165, 1.54) is 33.8 Å². The van der Waals surface area contributed by atoms with E-state index in [-0.39, 0.29) is 40.3 Å². The second-order valence-corrected chi connectivity index (χ2v) is 33.6. The maximum atomic E-state index is 11.5. The smallest absolute Gasteiger partial charge is 0.306 e. The minimum absolute atomic E-state index is 0.0249. The zero-order valence-corrected chi connectivity index (χ0v) is 49.3. The van der Waals surface area contributed by atoms with Gasteiger partial charge in [0.05, 0.1) is 73.3 Å². The summed E-state index contributed by atoms with van der Waals surface area (Å²) in [5, 5.41) is 37.2. The number of hydrogen-bond acceptors (Lipinski definition) is 10. The Morgan fingerprint density at radius 1 is 0.627 bits per heavy atom. The molecular weight excluding hydrogens is 1030 g/mol. The Kier molecular flexibility index (Phi) is 18.1. The molecule has 5 aliphatic rings. The van der Waals surface area contributed by atoms with Gasteiger partial charge in [0.15, 0.2) is 16.6 Å². The van der Waals surface area contributed by atoms with Crippen LogP contribution in [0, 0.1) is 34.0 Å². The lowest BCUT2D eigenvalue weighted by atomic mass is 9.98. The van der Waals surface area contributed by atoms with E-state index in [2.05, 4.69) is 126 Å². The molecule has 0 spiro atoms. The summed E-state index contributed by atoms with van der Waals surface area (Å²) < 4.78 is 31.0. The molecule has 1 heterocycles. The van der Waals surface area contributed by atoms with Crippen molar-refractivity contribution in [1.29, 1.82) is 15.8 Å². The second kappa shape index (κ2) is 23.8. The van der Waals surface area contributed by atoms with Crippen LogP contribution in [0.15, 0.2) is 95.5 Å². The molecule has 10 rings (SSSR count). The molecule has 0 radical (unpaired) electrons. The quantitative estimate of drug-likeness (QED) is 0.117. The summed E-state index contributed by atoms with van der Waals surface area (Å²) in [5.41, 5.74) is 12.7. The molecule has 0 aromatic heterocycles. The minimum Gasteiger partial charge on any atom is -0.492 e. The number of aliphatic hydroxyl groups is 1. The van der Waals surface area contributed by atoms with Gasteiger partial charge in [-0.1, -0.05) is 112 Å².